The minimum absolute atomic E-state index is 0.0635. The molecule has 7 heteroatoms. The molecule has 0 aliphatic carbocycles. The first-order valence-corrected chi connectivity index (χ1v) is 6.79. The molecular formula is C14H15ClN2O4. The van der Waals surface area contributed by atoms with Crippen molar-refractivity contribution in [1.29, 1.82) is 0 Å². The van der Waals surface area contributed by atoms with Crippen LogP contribution in [-0.4, -0.2) is 47.9 Å². The number of likely N-dealkylation sites (N-methyl/N-ethyl adjacent to an activating group) is 1. The Kier molecular flexibility index (Phi) is 4.47. The highest BCUT2D eigenvalue weighted by molar-refractivity contribution is 6.33. The van der Waals surface area contributed by atoms with Gasteiger partial charge in [-0.1, -0.05) is 23.7 Å². The van der Waals surface area contributed by atoms with Gasteiger partial charge in [0.2, 0.25) is 11.8 Å². The molecule has 6 nitrogen and oxygen atoms in total. The van der Waals surface area contributed by atoms with Crippen LogP contribution in [0.3, 0.4) is 0 Å². The maximum absolute atomic E-state index is 12.1. The maximum Gasteiger partial charge on any atom is 0.323 e. The van der Waals surface area contributed by atoms with E-state index in [1.54, 1.807) is 24.3 Å². The van der Waals surface area contributed by atoms with Crippen LogP contribution < -0.4 is 4.90 Å². The van der Waals surface area contributed by atoms with Crippen LogP contribution in [0.1, 0.15) is 6.42 Å². The van der Waals surface area contributed by atoms with E-state index in [0.717, 1.165) is 4.90 Å². The Labute approximate surface area is 126 Å². The van der Waals surface area contributed by atoms with E-state index in [-0.39, 0.29) is 31.3 Å². The Morgan fingerprint density at radius 3 is 2.71 bits per heavy atom. The van der Waals surface area contributed by atoms with Gasteiger partial charge < -0.3 is 14.9 Å². The number of nitrogens with zero attached hydrogens (tertiary/aromatic N) is 2. The zero-order valence-corrected chi connectivity index (χ0v) is 12.2. The Hall–Kier alpha value is -2.08. The highest BCUT2D eigenvalue weighted by Gasteiger charge is 2.37. The number of para-hydroxylation sites is 1. The molecule has 0 spiro atoms. The molecule has 1 atom stereocenters. The second kappa shape index (κ2) is 6.13. The summed E-state index contributed by atoms with van der Waals surface area (Å²) >= 11 is 6.06. The lowest BCUT2D eigenvalue weighted by atomic mass is 10.1. The highest BCUT2D eigenvalue weighted by atomic mass is 35.5. The molecule has 1 aromatic rings. The second-order valence-electron chi connectivity index (χ2n) is 4.94. The average molecular weight is 311 g/mol. The molecule has 2 amide bonds. The third-order valence-electron chi connectivity index (χ3n) is 3.37. The number of hydrogen-bond acceptors (Lipinski definition) is 3. The van der Waals surface area contributed by atoms with Gasteiger partial charge in [0.1, 0.15) is 6.54 Å². The molecule has 1 N–H and O–H groups in total. The average Bonchev–Trinajstić information content (AvgIpc) is 2.79. The number of rotatable bonds is 4. The molecule has 2 rings (SSSR count). The molecule has 1 unspecified atom stereocenters. The summed E-state index contributed by atoms with van der Waals surface area (Å²) in [5.74, 6) is -2.17. The maximum atomic E-state index is 12.1. The van der Waals surface area contributed by atoms with Crippen molar-refractivity contribution < 1.29 is 19.5 Å². The number of aliphatic carboxylic acids is 1. The van der Waals surface area contributed by atoms with E-state index in [1.165, 1.54) is 11.9 Å². The van der Waals surface area contributed by atoms with Gasteiger partial charge in [-0.25, -0.2) is 0 Å². The Morgan fingerprint density at radius 2 is 2.10 bits per heavy atom. The van der Waals surface area contributed by atoms with Gasteiger partial charge in [-0.2, -0.15) is 0 Å². The monoisotopic (exact) mass is 310 g/mol. The zero-order chi connectivity index (χ0) is 15.6. The van der Waals surface area contributed by atoms with Gasteiger partial charge in [0.25, 0.3) is 0 Å². The molecule has 0 bridgehead atoms. The third kappa shape index (κ3) is 3.33. The summed E-state index contributed by atoms with van der Waals surface area (Å²) in [4.78, 5) is 37.4. The van der Waals surface area contributed by atoms with E-state index in [2.05, 4.69) is 0 Å². The van der Waals surface area contributed by atoms with Gasteiger partial charge in [-0.3, -0.25) is 14.4 Å². The first-order chi connectivity index (χ1) is 9.90. The Balaban J connectivity index is 2.11. The number of anilines is 1. The fourth-order valence-corrected chi connectivity index (χ4v) is 2.61. The van der Waals surface area contributed by atoms with Crippen molar-refractivity contribution in [3.05, 3.63) is 29.3 Å². The smallest absolute Gasteiger partial charge is 0.323 e. The van der Waals surface area contributed by atoms with E-state index in [4.69, 9.17) is 16.7 Å². The van der Waals surface area contributed by atoms with Crippen LogP contribution in [-0.2, 0) is 14.4 Å². The van der Waals surface area contributed by atoms with Gasteiger partial charge in [0.15, 0.2) is 0 Å². The molecule has 0 radical (unpaired) electrons. The summed E-state index contributed by atoms with van der Waals surface area (Å²) in [6.45, 7) is -0.166. The van der Waals surface area contributed by atoms with E-state index >= 15 is 0 Å². The van der Waals surface area contributed by atoms with Crippen molar-refractivity contribution >= 4 is 35.1 Å². The second-order valence-corrected chi connectivity index (χ2v) is 5.35. The van der Waals surface area contributed by atoms with Crippen LogP contribution >= 0.6 is 11.6 Å². The first kappa shape index (κ1) is 15.3. The molecule has 1 fully saturated rings. The zero-order valence-electron chi connectivity index (χ0n) is 11.5. The van der Waals surface area contributed by atoms with Crippen molar-refractivity contribution in [1.82, 2.24) is 4.90 Å². The van der Waals surface area contributed by atoms with Crippen LogP contribution in [0.25, 0.3) is 0 Å². The highest BCUT2D eigenvalue weighted by Crippen LogP contribution is 2.31. The first-order valence-electron chi connectivity index (χ1n) is 6.42. The van der Waals surface area contributed by atoms with Crippen molar-refractivity contribution in [3.63, 3.8) is 0 Å². The molecule has 1 heterocycles. The minimum atomic E-state index is -1.09. The van der Waals surface area contributed by atoms with E-state index in [9.17, 15) is 14.4 Å². The van der Waals surface area contributed by atoms with Crippen molar-refractivity contribution in [3.8, 4) is 0 Å². The fourth-order valence-electron chi connectivity index (χ4n) is 2.37. The van der Waals surface area contributed by atoms with Gasteiger partial charge in [0.05, 0.1) is 16.6 Å². The van der Waals surface area contributed by atoms with E-state index < -0.39 is 11.9 Å². The van der Waals surface area contributed by atoms with Crippen LogP contribution in [0.2, 0.25) is 5.02 Å². The summed E-state index contributed by atoms with van der Waals surface area (Å²) in [6, 6.07) is 6.92. The fraction of sp³-hybridized carbons (Fsp3) is 0.357. The van der Waals surface area contributed by atoms with Gasteiger partial charge in [-0.15, -0.1) is 0 Å². The van der Waals surface area contributed by atoms with Crippen LogP contribution in [0.4, 0.5) is 5.69 Å². The summed E-state index contributed by atoms with van der Waals surface area (Å²) in [6.07, 6.45) is 0.0635. The van der Waals surface area contributed by atoms with Crippen LogP contribution in [0.15, 0.2) is 24.3 Å². The number of hydrogen-bond donors (Lipinski definition) is 1. The molecule has 1 aromatic carbocycles. The largest absolute Gasteiger partial charge is 0.480 e. The predicted molar refractivity (Wildman–Crippen MR) is 77.2 cm³/mol. The third-order valence-corrected chi connectivity index (χ3v) is 3.69. The topological polar surface area (TPSA) is 77.9 Å². The summed E-state index contributed by atoms with van der Waals surface area (Å²) < 4.78 is 0. The lowest BCUT2D eigenvalue weighted by Gasteiger charge is -2.20. The van der Waals surface area contributed by atoms with Crippen molar-refractivity contribution in [2.45, 2.75) is 6.42 Å². The lowest BCUT2D eigenvalue weighted by Crippen LogP contribution is -2.37. The quantitative estimate of drug-likeness (QED) is 0.907. The Bertz CT molecular complexity index is 590. The summed E-state index contributed by atoms with van der Waals surface area (Å²) in [5.41, 5.74) is 0.570. The predicted octanol–water partition coefficient (Wildman–Crippen LogP) is 1.24. The molecular weight excluding hydrogens is 296 g/mol. The number of carbonyl (C=O) groups excluding carboxylic acids is 2. The molecule has 112 valence electrons. The molecule has 0 saturated carbocycles. The molecule has 21 heavy (non-hydrogen) atoms. The number of carboxylic acids is 1. The van der Waals surface area contributed by atoms with Crippen LogP contribution in [0, 0.1) is 5.92 Å². The number of carbonyl (C=O) groups is 3. The normalized spacial score (nSPS) is 17.9. The number of benzene rings is 1. The van der Waals surface area contributed by atoms with Crippen molar-refractivity contribution in [2.24, 2.45) is 5.92 Å². The summed E-state index contributed by atoms with van der Waals surface area (Å²) in [5, 5.41) is 9.15. The molecule has 1 aliphatic heterocycles. The number of halogens is 1. The number of amides is 2. The van der Waals surface area contributed by atoms with Gasteiger partial charge >= 0.3 is 5.97 Å². The van der Waals surface area contributed by atoms with Crippen molar-refractivity contribution in [2.75, 3.05) is 25.0 Å². The van der Waals surface area contributed by atoms with Gasteiger partial charge in [0, 0.05) is 20.0 Å². The van der Waals surface area contributed by atoms with Crippen LogP contribution in [0.5, 0.6) is 0 Å². The standard InChI is InChI=1S/C14H15ClN2O4/c1-16(8-13(19)20)14(21)9-6-12(18)17(7-9)11-5-3-2-4-10(11)15/h2-5,9H,6-8H2,1H3,(H,19,20). The Morgan fingerprint density at radius 1 is 1.43 bits per heavy atom. The minimum Gasteiger partial charge on any atom is -0.480 e. The van der Waals surface area contributed by atoms with E-state index in [1.807, 2.05) is 0 Å². The summed E-state index contributed by atoms with van der Waals surface area (Å²) in [7, 11) is 1.42. The molecule has 0 aromatic heterocycles. The van der Waals surface area contributed by atoms with Gasteiger partial charge in [-0.05, 0) is 12.1 Å². The van der Waals surface area contributed by atoms with E-state index in [0.29, 0.717) is 10.7 Å². The molecule has 1 saturated heterocycles. The molecule has 1 aliphatic rings. The SMILES string of the molecule is CN(CC(=O)O)C(=O)C1CC(=O)N(c2ccccc2Cl)C1. The number of carboxylic acid groups (broad SMARTS) is 1. The lowest BCUT2D eigenvalue weighted by molar-refractivity contribution is -0.145.